The van der Waals surface area contributed by atoms with Crippen molar-refractivity contribution < 1.29 is 19.1 Å². The molecule has 1 fully saturated rings. The number of carbonyl (C=O) groups excluding carboxylic acids is 3. The Bertz CT molecular complexity index is 1560. The normalized spacial score (nSPS) is 19.4. The third kappa shape index (κ3) is 5.89. The van der Waals surface area contributed by atoms with Crippen LogP contribution in [0.25, 0.3) is 11.1 Å². The van der Waals surface area contributed by atoms with E-state index in [0.29, 0.717) is 51.5 Å². The molecule has 2 aromatic carbocycles. The van der Waals surface area contributed by atoms with Crippen molar-refractivity contribution in [3.05, 3.63) is 87.7 Å². The van der Waals surface area contributed by atoms with E-state index >= 15 is 0 Å². The molecular formula is C37H43N3O4. The molecule has 0 radical (unpaired) electrons. The molecule has 0 bridgehead atoms. The predicted molar refractivity (Wildman–Crippen MR) is 171 cm³/mol. The highest BCUT2D eigenvalue weighted by Crippen LogP contribution is 2.40. The number of ether oxygens (including phenoxy) is 1. The zero-order valence-electron chi connectivity index (χ0n) is 26.1. The third-order valence-corrected chi connectivity index (χ3v) is 9.64. The molecular weight excluding hydrogens is 550 g/mol. The first-order chi connectivity index (χ1) is 21.4. The van der Waals surface area contributed by atoms with E-state index in [9.17, 15) is 14.4 Å². The predicted octanol–water partition coefficient (Wildman–Crippen LogP) is 7.30. The molecule has 7 heteroatoms. The van der Waals surface area contributed by atoms with Gasteiger partial charge in [0.25, 0.3) is 11.8 Å². The monoisotopic (exact) mass is 593 g/mol. The van der Waals surface area contributed by atoms with Crippen LogP contribution in [0.5, 0.6) is 0 Å². The van der Waals surface area contributed by atoms with Crippen LogP contribution in [0, 0.1) is 11.8 Å². The van der Waals surface area contributed by atoms with E-state index in [1.54, 1.807) is 19.1 Å². The lowest BCUT2D eigenvalue weighted by Gasteiger charge is -2.23. The van der Waals surface area contributed by atoms with Crippen molar-refractivity contribution in [2.75, 3.05) is 6.61 Å². The molecule has 1 aromatic heterocycles. The lowest BCUT2D eigenvalue weighted by molar-refractivity contribution is 0.0525. The SMILES string of the molecule is CCOC(=O)c1c(CCC2CCCCC2)nc2c(c1-c1ccc(C(=O)NC3CCc4ccccc43)cc1)C(=O)NC2C(C)C. The second kappa shape index (κ2) is 12.9. The van der Waals surface area contributed by atoms with Crippen molar-refractivity contribution in [2.45, 2.75) is 90.6 Å². The highest BCUT2D eigenvalue weighted by Gasteiger charge is 2.39. The molecule has 2 aliphatic carbocycles. The molecule has 3 aliphatic rings. The van der Waals surface area contributed by atoms with Crippen LogP contribution >= 0.6 is 0 Å². The van der Waals surface area contributed by atoms with Crippen LogP contribution in [0.3, 0.4) is 0 Å². The van der Waals surface area contributed by atoms with Crippen molar-refractivity contribution in [3.63, 3.8) is 0 Å². The average molecular weight is 594 g/mol. The summed E-state index contributed by atoms with van der Waals surface area (Å²) in [7, 11) is 0. The summed E-state index contributed by atoms with van der Waals surface area (Å²) in [6.07, 6.45) is 9.64. The van der Waals surface area contributed by atoms with Gasteiger partial charge >= 0.3 is 5.97 Å². The first-order valence-electron chi connectivity index (χ1n) is 16.4. The van der Waals surface area contributed by atoms with Crippen molar-refractivity contribution >= 4 is 17.8 Å². The van der Waals surface area contributed by atoms with Crippen LogP contribution in [0.4, 0.5) is 0 Å². The summed E-state index contributed by atoms with van der Waals surface area (Å²) in [4.78, 5) is 45.5. The van der Waals surface area contributed by atoms with Crippen LogP contribution < -0.4 is 10.6 Å². The number of carbonyl (C=O) groups is 3. The van der Waals surface area contributed by atoms with Crippen molar-refractivity contribution in [2.24, 2.45) is 11.8 Å². The second-order valence-electron chi connectivity index (χ2n) is 12.9. The molecule has 7 nitrogen and oxygen atoms in total. The minimum atomic E-state index is -0.459. The Balaban J connectivity index is 1.38. The minimum Gasteiger partial charge on any atom is -0.462 e. The number of pyridine rings is 1. The van der Waals surface area contributed by atoms with Gasteiger partial charge in [-0.25, -0.2) is 4.79 Å². The van der Waals surface area contributed by atoms with Gasteiger partial charge in [0, 0.05) is 11.1 Å². The summed E-state index contributed by atoms with van der Waals surface area (Å²) in [5, 5.41) is 6.31. The van der Waals surface area contributed by atoms with Crippen LogP contribution in [-0.2, 0) is 17.6 Å². The van der Waals surface area contributed by atoms with Gasteiger partial charge in [0.2, 0.25) is 0 Å². The summed E-state index contributed by atoms with van der Waals surface area (Å²) in [5.41, 5.74) is 6.47. The Morgan fingerprint density at radius 2 is 1.75 bits per heavy atom. The topological polar surface area (TPSA) is 97.4 Å². The van der Waals surface area contributed by atoms with Gasteiger partial charge in [-0.2, -0.15) is 0 Å². The number of hydrogen-bond donors (Lipinski definition) is 2. The minimum absolute atomic E-state index is 0.0133. The number of hydrogen-bond acceptors (Lipinski definition) is 5. The molecule has 2 heterocycles. The van der Waals surface area contributed by atoms with E-state index in [1.807, 2.05) is 24.3 Å². The quantitative estimate of drug-likeness (QED) is 0.254. The van der Waals surface area contributed by atoms with Gasteiger partial charge in [0.05, 0.1) is 41.2 Å². The molecule has 44 heavy (non-hydrogen) atoms. The van der Waals surface area contributed by atoms with Crippen LogP contribution in [0.1, 0.15) is 131 Å². The van der Waals surface area contributed by atoms with Crippen molar-refractivity contribution in [1.29, 1.82) is 0 Å². The number of benzene rings is 2. The maximum atomic E-state index is 13.6. The lowest BCUT2D eigenvalue weighted by atomic mass is 9.84. The summed E-state index contributed by atoms with van der Waals surface area (Å²) in [6, 6.07) is 15.2. The molecule has 1 saturated carbocycles. The number of rotatable bonds is 9. The highest BCUT2D eigenvalue weighted by atomic mass is 16.5. The molecule has 230 valence electrons. The number of nitrogens with one attached hydrogen (secondary N) is 2. The zero-order chi connectivity index (χ0) is 30.8. The van der Waals surface area contributed by atoms with Gasteiger partial charge < -0.3 is 15.4 Å². The molecule has 2 atom stereocenters. The first-order valence-corrected chi connectivity index (χ1v) is 16.4. The van der Waals surface area contributed by atoms with Crippen LogP contribution in [0.2, 0.25) is 0 Å². The Hall–Kier alpha value is -4.00. The van der Waals surface area contributed by atoms with Gasteiger partial charge in [0.15, 0.2) is 0 Å². The summed E-state index contributed by atoms with van der Waals surface area (Å²) >= 11 is 0. The van der Waals surface area contributed by atoms with E-state index in [2.05, 4.69) is 36.6 Å². The molecule has 2 unspecified atom stereocenters. The Kier molecular flexibility index (Phi) is 8.83. The second-order valence-corrected chi connectivity index (χ2v) is 12.9. The van der Waals surface area contributed by atoms with E-state index in [0.717, 1.165) is 19.3 Å². The average Bonchev–Trinajstić information content (AvgIpc) is 3.60. The zero-order valence-corrected chi connectivity index (χ0v) is 26.1. The number of nitrogens with zero attached hydrogens (tertiary/aromatic N) is 1. The van der Waals surface area contributed by atoms with Gasteiger partial charge in [0.1, 0.15) is 0 Å². The number of fused-ring (bicyclic) bond motifs is 2. The standard InChI is InChI=1S/C37H43N3O4/c1-4-44-37(43)31-29(20-14-23-10-6-5-7-11-23)38-34-32(36(42)40-33(34)22(2)3)30(31)25-15-17-26(18-16-25)35(41)39-28-21-19-24-12-8-9-13-27(24)28/h8-9,12-13,15-18,22-23,28,33H,4-7,10-11,14,19-21H2,1-3H3,(H,39,41)(H,40,42). The fourth-order valence-electron chi connectivity index (χ4n) is 7.32. The molecule has 2 N–H and O–H groups in total. The number of esters is 1. The number of amides is 2. The van der Waals surface area contributed by atoms with Gasteiger partial charge in [-0.15, -0.1) is 0 Å². The molecule has 2 amide bonds. The van der Waals surface area contributed by atoms with Gasteiger partial charge in [-0.1, -0.05) is 82.3 Å². The molecule has 0 saturated heterocycles. The van der Waals surface area contributed by atoms with Crippen LogP contribution in [-0.4, -0.2) is 29.4 Å². The van der Waals surface area contributed by atoms with Crippen molar-refractivity contribution in [3.8, 4) is 11.1 Å². The smallest absolute Gasteiger partial charge is 0.340 e. The van der Waals surface area contributed by atoms with E-state index in [1.165, 1.54) is 43.2 Å². The summed E-state index contributed by atoms with van der Waals surface area (Å²) < 4.78 is 5.58. The number of aryl methyl sites for hydroxylation is 2. The van der Waals surface area contributed by atoms with E-state index in [-0.39, 0.29) is 36.4 Å². The molecule has 0 spiro atoms. The van der Waals surface area contributed by atoms with E-state index in [4.69, 9.17) is 9.72 Å². The maximum Gasteiger partial charge on any atom is 0.340 e. The van der Waals surface area contributed by atoms with E-state index < -0.39 is 5.97 Å². The highest BCUT2D eigenvalue weighted by molar-refractivity contribution is 6.11. The molecule has 6 rings (SSSR count). The molecule has 3 aromatic rings. The molecule has 1 aliphatic heterocycles. The largest absolute Gasteiger partial charge is 0.462 e. The maximum absolute atomic E-state index is 13.6. The fourth-order valence-corrected chi connectivity index (χ4v) is 7.32. The number of aromatic nitrogens is 1. The summed E-state index contributed by atoms with van der Waals surface area (Å²) in [6.45, 7) is 6.15. The Morgan fingerprint density at radius 3 is 2.48 bits per heavy atom. The van der Waals surface area contributed by atoms with Gasteiger partial charge in [-0.05, 0) is 73.3 Å². The van der Waals surface area contributed by atoms with Crippen LogP contribution in [0.15, 0.2) is 48.5 Å². The summed E-state index contributed by atoms with van der Waals surface area (Å²) in [5.74, 6) is -0.0876. The third-order valence-electron chi connectivity index (χ3n) is 9.64. The van der Waals surface area contributed by atoms with Gasteiger partial charge in [-0.3, -0.25) is 14.6 Å². The Labute approximate surface area is 260 Å². The Morgan fingerprint density at radius 1 is 1.00 bits per heavy atom. The van der Waals surface area contributed by atoms with Crippen molar-refractivity contribution in [1.82, 2.24) is 15.6 Å². The lowest BCUT2D eigenvalue weighted by Crippen LogP contribution is -2.27. The first kappa shape index (κ1) is 30.0. The fraction of sp³-hybridized carbons (Fsp3) is 0.459.